The predicted octanol–water partition coefficient (Wildman–Crippen LogP) is 3.51. The Kier molecular flexibility index (Phi) is 4.29. The highest BCUT2D eigenvalue weighted by Gasteiger charge is 2.19. The monoisotopic (exact) mass is 397 g/mol. The van der Waals surface area contributed by atoms with Crippen LogP contribution in [0.25, 0.3) is 39.4 Å². The normalized spacial score (nSPS) is 11.0. The van der Waals surface area contributed by atoms with E-state index >= 15 is 0 Å². The first kappa shape index (κ1) is 17.7. The molecule has 0 aliphatic carbocycles. The molecule has 0 fully saturated rings. The van der Waals surface area contributed by atoms with Gasteiger partial charge >= 0.3 is 0 Å². The summed E-state index contributed by atoms with van der Waals surface area (Å²) in [6.45, 7) is 0. The van der Waals surface area contributed by atoms with Crippen LogP contribution in [0, 0.1) is 0 Å². The molecule has 0 bridgehead atoms. The van der Waals surface area contributed by atoms with Crippen LogP contribution in [-0.2, 0) is 0 Å². The van der Waals surface area contributed by atoms with E-state index in [1.54, 1.807) is 62.0 Å². The van der Waals surface area contributed by atoms with Gasteiger partial charge in [0.2, 0.25) is 5.82 Å². The summed E-state index contributed by atoms with van der Waals surface area (Å²) in [6, 6.07) is 17.9. The maximum Gasteiger partial charge on any atom is 0.279 e. The Bertz CT molecular complexity index is 1390. The van der Waals surface area contributed by atoms with Gasteiger partial charge in [-0.25, -0.2) is 0 Å². The fourth-order valence-electron chi connectivity index (χ4n) is 3.18. The third-order valence-corrected chi connectivity index (χ3v) is 4.69. The number of aromatic nitrogens is 5. The molecule has 0 saturated heterocycles. The summed E-state index contributed by atoms with van der Waals surface area (Å²) in [5.74, 6) is 1.33. The van der Waals surface area contributed by atoms with E-state index in [-0.39, 0.29) is 11.4 Å². The molecule has 30 heavy (non-hydrogen) atoms. The van der Waals surface area contributed by atoms with Gasteiger partial charge in [-0.05, 0) is 42.5 Å². The van der Waals surface area contributed by atoms with E-state index < -0.39 is 0 Å². The lowest BCUT2D eigenvalue weighted by molar-refractivity contribution is 0.414. The molecule has 146 valence electrons. The van der Waals surface area contributed by atoms with Crippen molar-refractivity contribution in [2.45, 2.75) is 0 Å². The van der Waals surface area contributed by atoms with E-state index in [4.69, 9.17) is 9.26 Å². The number of ether oxygens (including phenoxy) is 1. The molecule has 0 aliphatic rings. The molecule has 5 rings (SSSR count). The molecule has 0 unspecified atom stereocenters. The zero-order valence-electron chi connectivity index (χ0n) is 15.9. The first-order valence-corrected chi connectivity index (χ1v) is 9.15. The van der Waals surface area contributed by atoms with Crippen LogP contribution >= 0.6 is 0 Å². The number of hydrogen-bond acceptors (Lipinski definition) is 7. The molecule has 0 aliphatic heterocycles. The zero-order chi connectivity index (χ0) is 20.5. The van der Waals surface area contributed by atoms with Gasteiger partial charge in [-0.3, -0.25) is 9.78 Å². The maximum atomic E-state index is 13.1. The van der Waals surface area contributed by atoms with Gasteiger partial charge in [0.25, 0.3) is 11.4 Å². The van der Waals surface area contributed by atoms with E-state index in [2.05, 4.69) is 20.2 Å². The van der Waals surface area contributed by atoms with Crippen molar-refractivity contribution in [1.82, 2.24) is 24.9 Å². The smallest absolute Gasteiger partial charge is 0.279 e. The lowest BCUT2D eigenvalue weighted by Crippen LogP contribution is -2.22. The minimum atomic E-state index is -0.242. The summed E-state index contributed by atoms with van der Waals surface area (Å²) in [5.41, 5.74) is 1.55. The first-order chi connectivity index (χ1) is 14.7. The Hall–Kier alpha value is -4.33. The van der Waals surface area contributed by atoms with Crippen LogP contribution in [0.5, 0.6) is 5.75 Å². The number of rotatable bonds is 4. The fourth-order valence-corrected chi connectivity index (χ4v) is 3.18. The average molecular weight is 397 g/mol. The number of pyridine rings is 1. The van der Waals surface area contributed by atoms with Gasteiger partial charge in [-0.15, -0.1) is 0 Å². The van der Waals surface area contributed by atoms with Crippen molar-refractivity contribution < 1.29 is 9.26 Å². The largest absolute Gasteiger partial charge is 0.497 e. The summed E-state index contributed by atoms with van der Waals surface area (Å²) >= 11 is 0. The highest BCUT2D eigenvalue weighted by Crippen LogP contribution is 2.26. The third-order valence-electron chi connectivity index (χ3n) is 4.69. The zero-order valence-corrected chi connectivity index (χ0v) is 15.9. The van der Waals surface area contributed by atoms with Crippen LogP contribution in [0.15, 0.2) is 82.4 Å². The Morgan fingerprint density at radius 3 is 2.40 bits per heavy atom. The van der Waals surface area contributed by atoms with Gasteiger partial charge < -0.3 is 9.26 Å². The summed E-state index contributed by atoms with van der Waals surface area (Å²) < 4.78 is 12.0. The quantitative estimate of drug-likeness (QED) is 0.458. The molecule has 5 aromatic rings. The molecule has 0 N–H and O–H groups in total. The van der Waals surface area contributed by atoms with Crippen LogP contribution in [0.2, 0.25) is 0 Å². The minimum Gasteiger partial charge on any atom is -0.497 e. The van der Waals surface area contributed by atoms with Crippen LogP contribution in [-0.4, -0.2) is 32.0 Å². The van der Waals surface area contributed by atoms with Gasteiger partial charge in [0.1, 0.15) is 5.75 Å². The Morgan fingerprint density at radius 2 is 1.67 bits per heavy atom. The second kappa shape index (κ2) is 7.25. The number of benzene rings is 2. The fraction of sp³-hybridized carbons (Fsp3) is 0.0455. The Morgan fingerprint density at radius 1 is 0.933 bits per heavy atom. The molecule has 0 saturated carbocycles. The molecule has 8 heteroatoms. The highest BCUT2D eigenvalue weighted by atomic mass is 16.5. The van der Waals surface area contributed by atoms with E-state index in [0.29, 0.717) is 33.7 Å². The molecule has 0 atom stereocenters. The topological polar surface area (TPSA) is 95.9 Å². The second-order valence-corrected chi connectivity index (χ2v) is 6.47. The highest BCUT2D eigenvalue weighted by molar-refractivity contribution is 5.92. The van der Waals surface area contributed by atoms with E-state index in [9.17, 15) is 4.79 Å². The van der Waals surface area contributed by atoms with Gasteiger partial charge in [-0.1, -0.05) is 23.4 Å². The Balaban J connectivity index is 1.71. The standard InChI is InChI=1S/C22H15N5O3/c1-29-16-8-6-15(7-9-16)27-22(28)18-5-3-2-4-17(18)19(25-27)21-24-20(26-30-21)14-10-12-23-13-11-14/h2-13H,1H3. The van der Waals surface area contributed by atoms with Gasteiger partial charge in [0.15, 0.2) is 5.69 Å². The maximum absolute atomic E-state index is 13.1. The van der Waals surface area contributed by atoms with Crippen LogP contribution in [0.4, 0.5) is 0 Å². The van der Waals surface area contributed by atoms with Crippen LogP contribution < -0.4 is 10.3 Å². The number of fused-ring (bicyclic) bond motifs is 1. The van der Waals surface area contributed by atoms with Gasteiger partial charge in [0, 0.05) is 23.3 Å². The Labute approximate surface area is 170 Å². The summed E-state index contributed by atoms with van der Waals surface area (Å²) in [5, 5.41) is 9.76. The molecular formula is C22H15N5O3. The average Bonchev–Trinajstić information content (AvgIpc) is 3.30. The van der Waals surface area contributed by atoms with Crippen molar-refractivity contribution in [1.29, 1.82) is 0 Å². The molecule has 0 amide bonds. The SMILES string of the molecule is COc1ccc(-n2nc(-c3nc(-c4ccncc4)no3)c3ccccc3c2=O)cc1. The van der Waals surface area contributed by atoms with E-state index in [1.807, 2.05) is 18.2 Å². The van der Waals surface area contributed by atoms with E-state index in [1.165, 1.54) is 4.68 Å². The molecule has 0 spiro atoms. The van der Waals surface area contributed by atoms with Crippen molar-refractivity contribution in [2.75, 3.05) is 7.11 Å². The van der Waals surface area contributed by atoms with Gasteiger partial charge in [-0.2, -0.15) is 14.8 Å². The van der Waals surface area contributed by atoms with Crippen molar-refractivity contribution >= 4 is 10.8 Å². The van der Waals surface area contributed by atoms with Crippen LogP contribution in [0.3, 0.4) is 0 Å². The summed E-state index contributed by atoms with van der Waals surface area (Å²) in [7, 11) is 1.59. The predicted molar refractivity (Wildman–Crippen MR) is 110 cm³/mol. The molecule has 3 aromatic heterocycles. The molecule has 8 nitrogen and oxygen atoms in total. The lowest BCUT2D eigenvalue weighted by atomic mass is 10.1. The molecule has 0 radical (unpaired) electrons. The lowest BCUT2D eigenvalue weighted by Gasteiger charge is -2.09. The molecular weight excluding hydrogens is 382 g/mol. The van der Waals surface area contributed by atoms with Gasteiger partial charge in [0.05, 0.1) is 18.2 Å². The van der Waals surface area contributed by atoms with Crippen LogP contribution in [0.1, 0.15) is 0 Å². The van der Waals surface area contributed by atoms with Crippen molar-refractivity contribution in [3.63, 3.8) is 0 Å². The number of hydrogen-bond donors (Lipinski definition) is 0. The number of methoxy groups -OCH3 is 1. The molecule has 3 heterocycles. The first-order valence-electron chi connectivity index (χ1n) is 9.15. The van der Waals surface area contributed by atoms with Crippen molar-refractivity contribution in [3.05, 3.63) is 83.4 Å². The van der Waals surface area contributed by atoms with Crippen molar-refractivity contribution in [3.8, 4) is 34.4 Å². The number of nitrogens with zero attached hydrogens (tertiary/aromatic N) is 5. The third kappa shape index (κ3) is 3.00. The summed E-state index contributed by atoms with van der Waals surface area (Å²) in [4.78, 5) is 21.6. The summed E-state index contributed by atoms with van der Waals surface area (Å²) in [6.07, 6.45) is 3.31. The van der Waals surface area contributed by atoms with E-state index in [0.717, 1.165) is 5.56 Å². The minimum absolute atomic E-state index is 0.222. The second-order valence-electron chi connectivity index (χ2n) is 6.47. The van der Waals surface area contributed by atoms with Crippen molar-refractivity contribution in [2.24, 2.45) is 0 Å². The molecule has 2 aromatic carbocycles.